The number of aromatic nitrogens is 1. The van der Waals surface area contributed by atoms with Crippen molar-refractivity contribution in [3.05, 3.63) is 17.8 Å². The van der Waals surface area contributed by atoms with Crippen molar-refractivity contribution in [1.29, 1.82) is 0 Å². The Morgan fingerprint density at radius 3 is 3.00 bits per heavy atom. The van der Waals surface area contributed by atoms with Gasteiger partial charge in [0.1, 0.15) is 5.76 Å². The van der Waals surface area contributed by atoms with Crippen molar-refractivity contribution in [3.8, 4) is 0 Å². The smallest absolute Gasteiger partial charge is 0.181 e. The number of hydrogen-bond donors (Lipinski definition) is 1. The number of rotatable bonds is 5. The first-order valence-electron chi connectivity index (χ1n) is 4.50. The van der Waals surface area contributed by atoms with Gasteiger partial charge in [-0.15, -0.1) is 0 Å². The van der Waals surface area contributed by atoms with Crippen molar-refractivity contribution < 1.29 is 4.42 Å². The lowest BCUT2D eigenvalue weighted by Crippen LogP contribution is -2.13. The third-order valence-corrected chi connectivity index (χ3v) is 1.74. The number of oxazole rings is 1. The standard InChI is InChI=1S/C9H16N2O/c1-3-5-9-8(6-10-4-2)11-7-12-9/h7,10H,3-6H2,1-2H3. The van der Waals surface area contributed by atoms with Crippen molar-refractivity contribution in [2.24, 2.45) is 0 Å². The maximum atomic E-state index is 5.25. The molecule has 0 aliphatic rings. The van der Waals surface area contributed by atoms with Crippen LogP contribution in [0.25, 0.3) is 0 Å². The van der Waals surface area contributed by atoms with Gasteiger partial charge in [-0.1, -0.05) is 13.8 Å². The van der Waals surface area contributed by atoms with Crippen LogP contribution in [-0.4, -0.2) is 11.5 Å². The molecule has 0 atom stereocenters. The van der Waals surface area contributed by atoms with Crippen molar-refractivity contribution in [3.63, 3.8) is 0 Å². The molecule has 1 rings (SSSR count). The predicted octanol–water partition coefficient (Wildman–Crippen LogP) is 1.74. The summed E-state index contributed by atoms with van der Waals surface area (Å²) in [5.74, 6) is 1.03. The molecule has 0 bridgehead atoms. The Balaban J connectivity index is 2.51. The first-order valence-corrected chi connectivity index (χ1v) is 4.50. The first-order chi connectivity index (χ1) is 5.88. The molecule has 1 heterocycles. The Hall–Kier alpha value is -0.830. The van der Waals surface area contributed by atoms with Gasteiger partial charge in [-0.25, -0.2) is 4.98 Å². The van der Waals surface area contributed by atoms with Gasteiger partial charge >= 0.3 is 0 Å². The summed E-state index contributed by atoms with van der Waals surface area (Å²) >= 11 is 0. The van der Waals surface area contributed by atoms with Gasteiger partial charge in [-0.3, -0.25) is 0 Å². The van der Waals surface area contributed by atoms with E-state index in [1.54, 1.807) is 0 Å². The van der Waals surface area contributed by atoms with Crippen LogP contribution in [0.4, 0.5) is 0 Å². The van der Waals surface area contributed by atoms with Crippen LogP contribution in [0.1, 0.15) is 31.7 Å². The molecule has 0 aliphatic heterocycles. The molecular weight excluding hydrogens is 152 g/mol. The number of nitrogens with one attached hydrogen (secondary N) is 1. The van der Waals surface area contributed by atoms with Gasteiger partial charge in [0.2, 0.25) is 0 Å². The van der Waals surface area contributed by atoms with E-state index >= 15 is 0 Å². The highest BCUT2D eigenvalue weighted by Crippen LogP contribution is 2.08. The molecule has 1 aromatic heterocycles. The van der Waals surface area contributed by atoms with Crippen molar-refractivity contribution in [2.75, 3.05) is 6.54 Å². The van der Waals surface area contributed by atoms with Gasteiger partial charge in [0.15, 0.2) is 6.39 Å². The van der Waals surface area contributed by atoms with Crippen LogP contribution in [0.15, 0.2) is 10.8 Å². The van der Waals surface area contributed by atoms with Crippen LogP contribution < -0.4 is 5.32 Å². The largest absolute Gasteiger partial charge is 0.448 e. The average molecular weight is 168 g/mol. The normalized spacial score (nSPS) is 10.5. The third kappa shape index (κ3) is 2.34. The van der Waals surface area contributed by atoms with Crippen LogP contribution in [0.3, 0.4) is 0 Å². The molecule has 0 radical (unpaired) electrons. The van der Waals surface area contributed by atoms with Gasteiger partial charge in [0.25, 0.3) is 0 Å². The molecule has 0 aliphatic carbocycles. The molecule has 68 valence electrons. The highest BCUT2D eigenvalue weighted by molar-refractivity contribution is 5.06. The zero-order valence-corrected chi connectivity index (χ0v) is 7.76. The van der Waals surface area contributed by atoms with Crippen molar-refractivity contribution in [1.82, 2.24) is 10.3 Å². The Bertz CT molecular complexity index is 220. The Labute approximate surface area is 73.2 Å². The molecule has 0 amide bonds. The van der Waals surface area contributed by atoms with E-state index in [1.165, 1.54) is 6.39 Å². The molecule has 0 fully saturated rings. The monoisotopic (exact) mass is 168 g/mol. The minimum Gasteiger partial charge on any atom is -0.448 e. The second-order valence-electron chi connectivity index (χ2n) is 2.75. The lowest BCUT2D eigenvalue weighted by molar-refractivity contribution is 0.495. The van der Waals surface area contributed by atoms with E-state index in [1.807, 2.05) is 0 Å². The van der Waals surface area contributed by atoms with E-state index < -0.39 is 0 Å². The fourth-order valence-corrected chi connectivity index (χ4v) is 1.11. The quantitative estimate of drug-likeness (QED) is 0.727. The first kappa shape index (κ1) is 9.26. The Morgan fingerprint density at radius 1 is 1.50 bits per heavy atom. The van der Waals surface area contributed by atoms with E-state index in [-0.39, 0.29) is 0 Å². The van der Waals surface area contributed by atoms with E-state index in [0.29, 0.717) is 0 Å². The lowest BCUT2D eigenvalue weighted by Gasteiger charge is -1.99. The maximum Gasteiger partial charge on any atom is 0.181 e. The summed E-state index contributed by atoms with van der Waals surface area (Å²) in [4.78, 5) is 4.14. The summed E-state index contributed by atoms with van der Waals surface area (Å²) in [6.07, 6.45) is 3.62. The minimum atomic E-state index is 0.822. The molecule has 12 heavy (non-hydrogen) atoms. The highest BCUT2D eigenvalue weighted by atomic mass is 16.3. The van der Waals surface area contributed by atoms with Crippen LogP contribution in [0.5, 0.6) is 0 Å². The number of nitrogens with zero attached hydrogens (tertiary/aromatic N) is 1. The summed E-state index contributed by atoms with van der Waals surface area (Å²) in [5.41, 5.74) is 1.05. The van der Waals surface area contributed by atoms with E-state index in [2.05, 4.69) is 24.1 Å². The summed E-state index contributed by atoms with van der Waals surface area (Å²) in [7, 11) is 0. The van der Waals surface area contributed by atoms with Crippen LogP contribution in [0, 0.1) is 0 Å². The molecule has 0 saturated carbocycles. The molecule has 0 saturated heterocycles. The molecule has 1 aromatic rings. The predicted molar refractivity (Wildman–Crippen MR) is 47.9 cm³/mol. The zero-order valence-electron chi connectivity index (χ0n) is 7.76. The van der Waals surface area contributed by atoms with Gasteiger partial charge in [0, 0.05) is 13.0 Å². The molecular formula is C9H16N2O. The van der Waals surface area contributed by atoms with Gasteiger partial charge in [-0.2, -0.15) is 0 Å². The van der Waals surface area contributed by atoms with E-state index in [4.69, 9.17) is 4.42 Å². The minimum absolute atomic E-state index is 0.822. The van der Waals surface area contributed by atoms with E-state index in [9.17, 15) is 0 Å². The van der Waals surface area contributed by atoms with Crippen LogP contribution in [0.2, 0.25) is 0 Å². The highest BCUT2D eigenvalue weighted by Gasteiger charge is 2.05. The Kier molecular flexibility index (Phi) is 3.80. The summed E-state index contributed by atoms with van der Waals surface area (Å²) in [6, 6.07) is 0. The molecule has 3 nitrogen and oxygen atoms in total. The lowest BCUT2D eigenvalue weighted by atomic mass is 10.2. The van der Waals surface area contributed by atoms with Gasteiger partial charge in [0.05, 0.1) is 5.69 Å². The van der Waals surface area contributed by atoms with E-state index in [0.717, 1.165) is 37.4 Å². The number of aryl methyl sites for hydroxylation is 1. The summed E-state index contributed by atoms with van der Waals surface area (Å²) < 4.78 is 5.25. The van der Waals surface area contributed by atoms with Gasteiger partial charge in [-0.05, 0) is 13.0 Å². The third-order valence-electron chi connectivity index (χ3n) is 1.74. The fourth-order valence-electron chi connectivity index (χ4n) is 1.11. The summed E-state index contributed by atoms with van der Waals surface area (Å²) in [6.45, 7) is 6.01. The molecule has 0 unspecified atom stereocenters. The zero-order chi connectivity index (χ0) is 8.81. The van der Waals surface area contributed by atoms with Gasteiger partial charge < -0.3 is 9.73 Å². The van der Waals surface area contributed by atoms with Crippen molar-refractivity contribution in [2.45, 2.75) is 33.2 Å². The molecule has 0 spiro atoms. The Morgan fingerprint density at radius 2 is 2.33 bits per heavy atom. The maximum absolute atomic E-state index is 5.25. The second kappa shape index (κ2) is 4.93. The van der Waals surface area contributed by atoms with Crippen molar-refractivity contribution >= 4 is 0 Å². The topological polar surface area (TPSA) is 38.1 Å². The fraction of sp³-hybridized carbons (Fsp3) is 0.667. The molecule has 3 heteroatoms. The second-order valence-corrected chi connectivity index (χ2v) is 2.75. The molecule has 1 N–H and O–H groups in total. The number of hydrogen-bond acceptors (Lipinski definition) is 3. The SMILES string of the molecule is CCCc1ocnc1CNCC. The summed E-state index contributed by atoms with van der Waals surface area (Å²) in [5, 5.41) is 3.23. The average Bonchev–Trinajstić information content (AvgIpc) is 2.50. The van der Waals surface area contributed by atoms with Crippen LogP contribution >= 0.6 is 0 Å². The van der Waals surface area contributed by atoms with Crippen LogP contribution in [-0.2, 0) is 13.0 Å². The molecule has 0 aromatic carbocycles.